The molecule has 47 heavy (non-hydrogen) atoms. The number of para-hydroxylation sites is 1. The molecule has 0 bridgehead atoms. The highest BCUT2D eigenvalue weighted by atomic mass is 35.5. The molecule has 1 amide bonds. The van der Waals surface area contributed by atoms with Crippen LogP contribution in [0.2, 0.25) is 20.1 Å². The molecule has 0 saturated carbocycles. The zero-order valence-electron chi connectivity index (χ0n) is 26.1. The highest BCUT2D eigenvalue weighted by Gasteiger charge is 2.21. The van der Waals surface area contributed by atoms with E-state index in [9.17, 15) is 14.7 Å². The summed E-state index contributed by atoms with van der Waals surface area (Å²) in [7, 11) is 0. The smallest absolute Gasteiger partial charge is 0.301 e. The van der Waals surface area contributed by atoms with E-state index in [1.807, 2.05) is 0 Å². The summed E-state index contributed by atoms with van der Waals surface area (Å²) in [5, 5.41) is 28.1. The van der Waals surface area contributed by atoms with Gasteiger partial charge in [0.1, 0.15) is 17.1 Å². The van der Waals surface area contributed by atoms with Crippen LogP contribution in [-0.4, -0.2) is 27.3 Å². The Morgan fingerprint density at radius 1 is 0.830 bits per heavy atom. The maximum Gasteiger partial charge on any atom is 0.301 e. The van der Waals surface area contributed by atoms with E-state index in [2.05, 4.69) is 32.9 Å². The fourth-order valence-corrected chi connectivity index (χ4v) is 6.13. The quantitative estimate of drug-likeness (QED) is 0.0640. The van der Waals surface area contributed by atoms with Crippen LogP contribution in [0.25, 0.3) is 5.69 Å². The molecule has 0 atom stereocenters. The van der Waals surface area contributed by atoms with Crippen molar-refractivity contribution >= 4 is 75.2 Å². The number of aromatic hydroxyl groups is 1. The third-order valence-electron chi connectivity index (χ3n) is 7.51. The van der Waals surface area contributed by atoms with Gasteiger partial charge in [0, 0.05) is 17.1 Å². The molecule has 0 unspecified atom stereocenters. The molecule has 13 heteroatoms. The van der Waals surface area contributed by atoms with E-state index >= 15 is 0 Å². The van der Waals surface area contributed by atoms with Gasteiger partial charge in [0.15, 0.2) is 11.5 Å². The summed E-state index contributed by atoms with van der Waals surface area (Å²) in [4.78, 5) is 26.6. The topological polar surface area (TPSA) is 124 Å². The van der Waals surface area contributed by atoms with Crippen LogP contribution < -0.4 is 16.2 Å². The predicted molar refractivity (Wildman–Crippen MR) is 193 cm³/mol. The fraction of sp³-hybridized carbons (Fsp3) is 0.353. The van der Waals surface area contributed by atoms with Crippen LogP contribution in [0.15, 0.2) is 69.6 Å². The number of hydrogen-bond donors (Lipinski definition) is 4. The number of rotatable bonds is 17. The van der Waals surface area contributed by atoms with Crippen molar-refractivity contribution in [3.63, 3.8) is 0 Å². The maximum absolute atomic E-state index is 13.6. The number of anilines is 2. The molecule has 0 aliphatic heterocycles. The Morgan fingerprint density at radius 3 is 2.13 bits per heavy atom. The fourth-order valence-electron chi connectivity index (χ4n) is 4.98. The number of carbonyl (C=O) groups is 1. The Bertz CT molecular complexity index is 1730. The Morgan fingerprint density at radius 2 is 1.47 bits per heavy atom. The lowest BCUT2D eigenvalue weighted by Crippen LogP contribution is -2.24. The van der Waals surface area contributed by atoms with E-state index in [4.69, 9.17) is 46.4 Å². The van der Waals surface area contributed by atoms with Gasteiger partial charge in [0.2, 0.25) is 0 Å². The number of nitrogens with zero attached hydrogens (tertiary/aromatic N) is 3. The maximum atomic E-state index is 13.6. The molecule has 0 spiro atoms. The minimum absolute atomic E-state index is 0.0843. The van der Waals surface area contributed by atoms with Crippen molar-refractivity contribution in [3.05, 3.63) is 90.6 Å². The first kappa shape index (κ1) is 36.3. The molecule has 0 fully saturated rings. The summed E-state index contributed by atoms with van der Waals surface area (Å²) in [6.07, 6.45) is 12.1. The molecule has 0 radical (unpaired) electrons. The third kappa shape index (κ3) is 10.2. The number of aromatic nitrogens is 2. The predicted octanol–water partition coefficient (Wildman–Crippen LogP) is 11.3. The molecular weight excluding hydrogens is 682 g/mol. The van der Waals surface area contributed by atoms with Crippen molar-refractivity contribution in [1.82, 2.24) is 15.1 Å². The van der Waals surface area contributed by atoms with Gasteiger partial charge in [-0.1, -0.05) is 123 Å². The van der Waals surface area contributed by atoms with E-state index < -0.39 is 5.56 Å². The average Bonchev–Trinajstić information content (AvgIpc) is 3.33. The van der Waals surface area contributed by atoms with Crippen LogP contribution in [0.1, 0.15) is 81.5 Å². The Balaban J connectivity index is 1.49. The Kier molecular flexibility index (Phi) is 14.0. The second-order valence-corrected chi connectivity index (χ2v) is 12.8. The van der Waals surface area contributed by atoms with Gasteiger partial charge in [-0.3, -0.25) is 14.7 Å². The molecular formula is C34H38Cl4N6O3. The normalized spacial score (nSPS) is 11.3. The summed E-state index contributed by atoms with van der Waals surface area (Å²) in [5.41, 5.74) is 0.181. The van der Waals surface area contributed by atoms with Crippen molar-refractivity contribution in [2.45, 2.75) is 71.1 Å². The second-order valence-electron chi connectivity index (χ2n) is 11.1. The van der Waals surface area contributed by atoms with E-state index in [1.54, 1.807) is 36.4 Å². The highest BCUT2D eigenvalue weighted by Crippen LogP contribution is 2.35. The van der Waals surface area contributed by atoms with E-state index in [-0.39, 0.29) is 54.6 Å². The lowest BCUT2D eigenvalue weighted by molar-refractivity contribution is 0.0953. The standard InChI is InChI=1S/C34H38Cl4N6O3/c1-2-3-4-5-6-7-8-9-10-13-18-39-33(46)22-16-17-24(36)28(19-22)40-32-30(42-41-27-14-11-12-15-29(27)45)34(47)44(43-32)31-25(37)20-23(35)21-26(31)38/h11-12,14-17,19-21,40,43,45H,2-10,13,18H2,1H3,(H,39,46)/b42-41+. The number of nitrogens with one attached hydrogen (secondary N) is 3. The monoisotopic (exact) mass is 718 g/mol. The number of amides is 1. The summed E-state index contributed by atoms with van der Waals surface area (Å²) in [6.45, 7) is 2.79. The minimum atomic E-state index is -0.653. The van der Waals surface area contributed by atoms with E-state index in [0.717, 1.165) is 23.9 Å². The molecule has 0 aliphatic rings. The van der Waals surface area contributed by atoms with Gasteiger partial charge in [-0.15, -0.1) is 10.2 Å². The van der Waals surface area contributed by atoms with Gasteiger partial charge >= 0.3 is 5.56 Å². The number of benzene rings is 3. The van der Waals surface area contributed by atoms with Crippen LogP contribution in [0.3, 0.4) is 0 Å². The van der Waals surface area contributed by atoms with Gasteiger partial charge < -0.3 is 15.7 Å². The highest BCUT2D eigenvalue weighted by molar-refractivity contribution is 6.40. The van der Waals surface area contributed by atoms with Gasteiger partial charge in [-0.2, -0.15) is 0 Å². The van der Waals surface area contributed by atoms with Crippen molar-refractivity contribution in [2.75, 3.05) is 11.9 Å². The van der Waals surface area contributed by atoms with Gasteiger partial charge in [-0.25, -0.2) is 4.68 Å². The number of aromatic amines is 1. The van der Waals surface area contributed by atoms with E-state index in [1.165, 1.54) is 63.1 Å². The molecule has 0 aliphatic carbocycles. The number of carbonyl (C=O) groups excluding carboxylic acids is 1. The van der Waals surface area contributed by atoms with Crippen LogP contribution in [-0.2, 0) is 0 Å². The minimum Gasteiger partial charge on any atom is -0.506 e. The van der Waals surface area contributed by atoms with Crippen molar-refractivity contribution < 1.29 is 9.90 Å². The number of phenols is 1. The van der Waals surface area contributed by atoms with Crippen LogP contribution in [0, 0.1) is 0 Å². The molecule has 4 aromatic rings. The zero-order chi connectivity index (χ0) is 33.8. The first-order chi connectivity index (χ1) is 22.7. The third-order valence-corrected chi connectivity index (χ3v) is 8.64. The molecule has 4 N–H and O–H groups in total. The summed E-state index contributed by atoms with van der Waals surface area (Å²) < 4.78 is 1.10. The molecule has 3 aromatic carbocycles. The van der Waals surface area contributed by atoms with Gasteiger partial charge in [0.25, 0.3) is 5.91 Å². The number of azo groups is 1. The molecule has 4 rings (SSSR count). The average molecular weight is 721 g/mol. The summed E-state index contributed by atoms with van der Waals surface area (Å²) >= 11 is 25.4. The van der Waals surface area contributed by atoms with Gasteiger partial charge in [-0.05, 0) is 48.9 Å². The Labute approximate surface area is 294 Å². The number of unbranched alkanes of at least 4 members (excludes halogenated alkanes) is 9. The zero-order valence-corrected chi connectivity index (χ0v) is 29.1. The second kappa shape index (κ2) is 18.2. The molecule has 0 saturated heterocycles. The largest absolute Gasteiger partial charge is 0.506 e. The van der Waals surface area contributed by atoms with Crippen molar-refractivity contribution in [1.29, 1.82) is 0 Å². The lowest BCUT2D eigenvalue weighted by Gasteiger charge is -2.11. The summed E-state index contributed by atoms with van der Waals surface area (Å²) in [5.74, 6) is -0.281. The molecule has 9 nitrogen and oxygen atoms in total. The van der Waals surface area contributed by atoms with Gasteiger partial charge in [0.05, 0.1) is 20.8 Å². The Hall–Kier alpha value is -3.50. The number of hydrogen-bond acceptors (Lipinski definition) is 6. The van der Waals surface area contributed by atoms with E-state index in [0.29, 0.717) is 17.8 Å². The summed E-state index contributed by atoms with van der Waals surface area (Å²) in [6, 6.07) is 14.0. The SMILES string of the molecule is CCCCCCCCCCCCNC(=O)c1ccc(Cl)c(Nc2[nH]n(-c3c(Cl)cc(Cl)cc3Cl)c(=O)c2/N=N/c2ccccc2O)c1. The van der Waals surface area contributed by atoms with Crippen LogP contribution in [0.5, 0.6) is 5.75 Å². The van der Waals surface area contributed by atoms with Crippen LogP contribution >= 0.6 is 46.4 Å². The molecule has 1 aromatic heterocycles. The number of H-pyrrole nitrogens is 1. The van der Waals surface area contributed by atoms with Crippen molar-refractivity contribution in [2.24, 2.45) is 10.2 Å². The number of halogens is 4. The molecule has 1 heterocycles. The van der Waals surface area contributed by atoms with Crippen molar-refractivity contribution in [3.8, 4) is 11.4 Å². The first-order valence-electron chi connectivity index (χ1n) is 15.7. The number of phenolic OH excluding ortho intramolecular Hbond substituents is 1. The lowest BCUT2D eigenvalue weighted by atomic mass is 10.1. The van der Waals surface area contributed by atoms with Crippen LogP contribution in [0.4, 0.5) is 22.9 Å². The molecule has 250 valence electrons. The first-order valence-corrected chi connectivity index (χ1v) is 17.2.